The van der Waals surface area contributed by atoms with Crippen molar-refractivity contribution in [1.29, 1.82) is 0 Å². The molecule has 3 rings (SSSR count). The molecular formula is C17H18N2O. The third-order valence-corrected chi connectivity index (χ3v) is 3.79. The molecule has 0 saturated carbocycles. The van der Waals surface area contributed by atoms with E-state index in [1.807, 2.05) is 34.9 Å². The molecule has 1 unspecified atom stereocenters. The van der Waals surface area contributed by atoms with Crippen molar-refractivity contribution in [3.63, 3.8) is 0 Å². The number of aliphatic hydroxyl groups is 1. The first-order valence-electron chi connectivity index (χ1n) is 6.80. The van der Waals surface area contributed by atoms with Gasteiger partial charge in [-0.3, -0.25) is 0 Å². The monoisotopic (exact) mass is 266 g/mol. The molecule has 20 heavy (non-hydrogen) atoms. The minimum absolute atomic E-state index is 0.517. The van der Waals surface area contributed by atoms with E-state index in [1.165, 1.54) is 11.1 Å². The molecule has 0 aliphatic rings. The van der Waals surface area contributed by atoms with Crippen LogP contribution in [0.4, 0.5) is 0 Å². The van der Waals surface area contributed by atoms with Crippen molar-refractivity contribution in [3.05, 3.63) is 65.5 Å². The van der Waals surface area contributed by atoms with E-state index in [9.17, 15) is 5.11 Å². The Morgan fingerprint density at radius 2 is 1.80 bits per heavy atom. The van der Waals surface area contributed by atoms with E-state index in [4.69, 9.17) is 0 Å². The Morgan fingerprint density at radius 3 is 2.55 bits per heavy atom. The van der Waals surface area contributed by atoms with Gasteiger partial charge in [0.2, 0.25) is 0 Å². The van der Waals surface area contributed by atoms with Crippen molar-refractivity contribution in [2.45, 2.75) is 26.5 Å². The normalized spacial score (nSPS) is 12.8. The summed E-state index contributed by atoms with van der Waals surface area (Å²) in [4.78, 5) is 4.42. The van der Waals surface area contributed by atoms with Crippen LogP contribution in [0.5, 0.6) is 0 Å². The lowest BCUT2D eigenvalue weighted by Gasteiger charge is -2.12. The van der Waals surface area contributed by atoms with E-state index in [0.29, 0.717) is 6.54 Å². The molecule has 1 heterocycles. The SMILES string of the molecule is Cc1cc2ncn(CC(O)c3ccccc3)c2cc1C. The number of aliphatic hydroxyl groups excluding tert-OH is 1. The fourth-order valence-electron chi connectivity index (χ4n) is 2.43. The van der Waals surface area contributed by atoms with Gasteiger partial charge in [0.25, 0.3) is 0 Å². The highest BCUT2D eigenvalue weighted by Gasteiger charge is 2.11. The number of benzene rings is 2. The Bertz CT molecular complexity index is 731. The molecule has 0 aliphatic carbocycles. The van der Waals surface area contributed by atoms with Crippen LogP contribution < -0.4 is 0 Å². The molecule has 1 atom stereocenters. The largest absolute Gasteiger partial charge is 0.387 e. The second-order valence-corrected chi connectivity index (χ2v) is 5.25. The van der Waals surface area contributed by atoms with Crippen LogP contribution in [0.3, 0.4) is 0 Å². The van der Waals surface area contributed by atoms with Gasteiger partial charge in [-0.1, -0.05) is 30.3 Å². The second-order valence-electron chi connectivity index (χ2n) is 5.25. The molecule has 0 aliphatic heterocycles. The van der Waals surface area contributed by atoms with Crippen LogP contribution in [0.15, 0.2) is 48.8 Å². The summed E-state index contributed by atoms with van der Waals surface area (Å²) >= 11 is 0. The first-order valence-corrected chi connectivity index (χ1v) is 6.80. The quantitative estimate of drug-likeness (QED) is 0.789. The summed E-state index contributed by atoms with van der Waals surface area (Å²) in [6.45, 7) is 4.70. The van der Waals surface area contributed by atoms with Gasteiger partial charge in [0.05, 0.1) is 30.0 Å². The summed E-state index contributed by atoms with van der Waals surface area (Å²) < 4.78 is 2.01. The summed E-state index contributed by atoms with van der Waals surface area (Å²) in [6, 6.07) is 14.0. The molecule has 0 spiro atoms. The molecule has 102 valence electrons. The van der Waals surface area contributed by atoms with Crippen LogP contribution in [0.2, 0.25) is 0 Å². The lowest BCUT2D eigenvalue weighted by Crippen LogP contribution is -2.07. The molecule has 3 aromatic rings. The van der Waals surface area contributed by atoms with E-state index in [-0.39, 0.29) is 0 Å². The van der Waals surface area contributed by atoms with E-state index >= 15 is 0 Å². The summed E-state index contributed by atoms with van der Waals surface area (Å²) in [7, 11) is 0. The van der Waals surface area contributed by atoms with E-state index < -0.39 is 6.10 Å². The Hall–Kier alpha value is -2.13. The number of hydrogen-bond donors (Lipinski definition) is 1. The summed E-state index contributed by atoms with van der Waals surface area (Å²) in [5.74, 6) is 0. The lowest BCUT2D eigenvalue weighted by molar-refractivity contribution is 0.158. The first kappa shape index (κ1) is 12.9. The zero-order valence-corrected chi connectivity index (χ0v) is 11.7. The predicted molar refractivity (Wildman–Crippen MR) is 80.6 cm³/mol. The molecule has 0 fully saturated rings. The third kappa shape index (κ3) is 2.32. The van der Waals surface area contributed by atoms with Crippen molar-refractivity contribution in [1.82, 2.24) is 9.55 Å². The lowest BCUT2D eigenvalue weighted by atomic mass is 10.1. The third-order valence-electron chi connectivity index (χ3n) is 3.79. The fraction of sp³-hybridized carbons (Fsp3) is 0.235. The summed E-state index contributed by atoms with van der Waals surface area (Å²) in [6.07, 6.45) is 1.28. The number of rotatable bonds is 3. The molecule has 3 nitrogen and oxygen atoms in total. The fourth-order valence-corrected chi connectivity index (χ4v) is 2.43. The average Bonchev–Trinajstić information content (AvgIpc) is 2.83. The van der Waals surface area contributed by atoms with E-state index in [0.717, 1.165) is 16.6 Å². The number of fused-ring (bicyclic) bond motifs is 1. The Kier molecular flexibility index (Phi) is 3.28. The number of imidazole rings is 1. The molecule has 3 heteroatoms. The Balaban J connectivity index is 1.93. The van der Waals surface area contributed by atoms with E-state index in [1.54, 1.807) is 6.33 Å². The number of aryl methyl sites for hydroxylation is 2. The summed E-state index contributed by atoms with van der Waals surface area (Å²) in [5, 5.41) is 10.3. The minimum Gasteiger partial charge on any atom is -0.387 e. The topological polar surface area (TPSA) is 38.0 Å². The molecule has 2 aromatic carbocycles. The van der Waals surface area contributed by atoms with Crippen molar-refractivity contribution >= 4 is 11.0 Å². The molecule has 0 bridgehead atoms. The highest BCUT2D eigenvalue weighted by molar-refractivity contribution is 5.77. The number of nitrogens with zero attached hydrogens (tertiary/aromatic N) is 2. The van der Waals surface area contributed by atoms with Crippen molar-refractivity contribution in [3.8, 4) is 0 Å². The maximum Gasteiger partial charge on any atom is 0.0969 e. The van der Waals surface area contributed by atoms with Crippen LogP contribution in [0, 0.1) is 13.8 Å². The van der Waals surface area contributed by atoms with Crippen LogP contribution in [0.25, 0.3) is 11.0 Å². The van der Waals surface area contributed by atoms with Gasteiger partial charge < -0.3 is 9.67 Å². The standard InChI is InChI=1S/C17H18N2O/c1-12-8-15-16(9-13(12)2)19(11-18-15)10-17(20)14-6-4-3-5-7-14/h3-9,11,17,20H,10H2,1-2H3. The molecule has 0 saturated heterocycles. The second kappa shape index (κ2) is 5.10. The maximum absolute atomic E-state index is 10.3. The molecule has 0 amide bonds. The minimum atomic E-state index is -0.518. The molecule has 1 N–H and O–H groups in total. The zero-order chi connectivity index (χ0) is 14.1. The van der Waals surface area contributed by atoms with E-state index in [2.05, 4.69) is 31.0 Å². The highest BCUT2D eigenvalue weighted by atomic mass is 16.3. The Labute approximate surface area is 118 Å². The molecular weight excluding hydrogens is 248 g/mol. The average molecular weight is 266 g/mol. The van der Waals surface area contributed by atoms with Crippen LogP contribution >= 0.6 is 0 Å². The van der Waals surface area contributed by atoms with Gasteiger partial charge >= 0.3 is 0 Å². The van der Waals surface area contributed by atoms with Gasteiger partial charge in [-0.2, -0.15) is 0 Å². The summed E-state index contributed by atoms with van der Waals surface area (Å²) in [5.41, 5.74) is 5.47. The van der Waals surface area contributed by atoms with Crippen molar-refractivity contribution in [2.75, 3.05) is 0 Å². The van der Waals surface area contributed by atoms with Gasteiger partial charge in [-0.15, -0.1) is 0 Å². The smallest absolute Gasteiger partial charge is 0.0969 e. The Morgan fingerprint density at radius 1 is 1.10 bits per heavy atom. The predicted octanol–water partition coefficient (Wildman–Crippen LogP) is 3.39. The van der Waals surface area contributed by atoms with Gasteiger partial charge in [0.1, 0.15) is 0 Å². The number of aromatic nitrogens is 2. The van der Waals surface area contributed by atoms with Gasteiger partial charge in [-0.05, 0) is 42.7 Å². The number of hydrogen-bond acceptors (Lipinski definition) is 2. The van der Waals surface area contributed by atoms with Gasteiger partial charge in [-0.25, -0.2) is 4.98 Å². The molecule has 0 radical (unpaired) electrons. The first-order chi connectivity index (χ1) is 9.65. The van der Waals surface area contributed by atoms with Crippen molar-refractivity contribution in [2.24, 2.45) is 0 Å². The van der Waals surface area contributed by atoms with Crippen LogP contribution in [-0.4, -0.2) is 14.7 Å². The molecule has 1 aromatic heterocycles. The zero-order valence-electron chi connectivity index (χ0n) is 11.7. The van der Waals surface area contributed by atoms with Crippen LogP contribution in [-0.2, 0) is 6.54 Å². The highest BCUT2D eigenvalue weighted by Crippen LogP contribution is 2.21. The van der Waals surface area contributed by atoms with Crippen molar-refractivity contribution < 1.29 is 5.11 Å². The van der Waals surface area contributed by atoms with Gasteiger partial charge in [0, 0.05) is 0 Å². The maximum atomic E-state index is 10.3. The van der Waals surface area contributed by atoms with Gasteiger partial charge in [0.15, 0.2) is 0 Å². The van der Waals surface area contributed by atoms with Crippen LogP contribution in [0.1, 0.15) is 22.8 Å².